The highest BCUT2D eigenvalue weighted by Gasteiger charge is 2.25. The van der Waals surface area contributed by atoms with E-state index >= 15 is 0 Å². The molecule has 1 aliphatic rings. The molecule has 3 nitrogen and oxygen atoms in total. The SMILES string of the molecule is Cc1ccc(CN2CCCC(C(=O)NCCSCc3ccc(Cl)c(Cl)c3)C2)cc1. The molecule has 0 aliphatic carbocycles. The van der Waals surface area contributed by atoms with Gasteiger partial charge in [-0.3, -0.25) is 9.69 Å². The third-order valence-electron chi connectivity index (χ3n) is 5.20. The summed E-state index contributed by atoms with van der Waals surface area (Å²) in [5.74, 6) is 2.02. The number of rotatable bonds is 8. The number of aryl methyl sites for hydroxylation is 1. The molecule has 0 aromatic heterocycles. The molecule has 0 radical (unpaired) electrons. The second kappa shape index (κ2) is 11.3. The number of carbonyl (C=O) groups is 1. The van der Waals surface area contributed by atoms with Crippen LogP contribution in [0.1, 0.15) is 29.5 Å². The number of hydrogen-bond acceptors (Lipinski definition) is 3. The van der Waals surface area contributed by atoms with Gasteiger partial charge in [-0.2, -0.15) is 11.8 Å². The van der Waals surface area contributed by atoms with Crippen LogP contribution in [0.2, 0.25) is 10.0 Å². The summed E-state index contributed by atoms with van der Waals surface area (Å²) >= 11 is 13.8. The first-order valence-electron chi connectivity index (χ1n) is 10.1. The Balaban J connectivity index is 1.36. The van der Waals surface area contributed by atoms with E-state index in [9.17, 15) is 4.79 Å². The summed E-state index contributed by atoms with van der Waals surface area (Å²) < 4.78 is 0. The Bertz CT molecular complexity index is 813. The topological polar surface area (TPSA) is 32.3 Å². The molecule has 2 aromatic carbocycles. The third-order valence-corrected chi connectivity index (χ3v) is 6.97. The van der Waals surface area contributed by atoms with E-state index in [2.05, 4.69) is 41.4 Å². The first-order chi connectivity index (χ1) is 14.0. The van der Waals surface area contributed by atoms with Crippen molar-refractivity contribution in [1.29, 1.82) is 0 Å². The Kier molecular flexibility index (Phi) is 8.73. The maximum Gasteiger partial charge on any atom is 0.224 e. The number of nitrogens with zero attached hydrogens (tertiary/aromatic N) is 1. The van der Waals surface area contributed by atoms with Gasteiger partial charge in [0.2, 0.25) is 5.91 Å². The van der Waals surface area contributed by atoms with Crippen LogP contribution < -0.4 is 5.32 Å². The Morgan fingerprint density at radius 3 is 2.66 bits per heavy atom. The molecule has 1 amide bonds. The van der Waals surface area contributed by atoms with Crippen LogP contribution >= 0.6 is 35.0 Å². The van der Waals surface area contributed by atoms with Crippen molar-refractivity contribution in [3.8, 4) is 0 Å². The van der Waals surface area contributed by atoms with Crippen molar-refractivity contribution in [3.05, 3.63) is 69.2 Å². The minimum absolute atomic E-state index is 0.0919. The molecule has 0 bridgehead atoms. The molecule has 2 aromatic rings. The van der Waals surface area contributed by atoms with Gasteiger partial charge in [0.15, 0.2) is 0 Å². The lowest BCUT2D eigenvalue weighted by Crippen LogP contribution is -2.43. The summed E-state index contributed by atoms with van der Waals surface area (Å²) in [6.45, 7) is 5.63. The first kappa shape index (κ1) is 22.5. The fraction of sp³-hybridized carbons (Fsp3) is 0.435. The van der Waals surface area contributed by atoms with Crippen LogP contribution in [0.25, 0.3) is 0 Å². The van der Waals surface area contributed by atoms with Crippen molar-refractivity contribution < 1.29 is 4.79 Å². The zero-order chi connectivity index (χ0) is 20.6. The van der Waals surface area contributed by atoms with Crippen molar-refractivity contribution in [2.45, 2.75) is 32.1 Å². The molecule has 1 aliphatic heterocycles. The van der Waals surface area contributed by atoms with Crippen LogP contribution in [0.3, 0.4) is 0 Å². The lowest BCUT2D eigenvalue weighted by atomic mass is 9.96. The Labute approximate surface area is 188 Å². The summed E-state index contributed by atoms with van der Waals surface area (Å²) in [6, 6.07) is 14.4. The monoisotopic (exact) mass is 450 g/mol. The van der Waals surface area contributed by atoms with Crippen LogP contribution in [0.5, 0.6) is 0 Å². The molecular weight excluding hydrogens is 423 g/mol. The van der Waals surface area contributed by atoms with E-state index in [0.717, 1.165) is 49.5 Å². The standard InChI is InChI=1S/C23H28Cl2N2OS/c1-17-4-6-18(7-5-17)14-27-11-2-3-20(15-27)23(28)26-10-12-29-16-19-8-9-21(24)22(25)13-19/h4-9,13,20H,2-3,10-12,14-16H2,1H3,(H,26,28). The average Bonchev–Trinajstić information content (AvgIpc) is 2.72. The van der Waals surface area contributed by atoms with Crippen LogP contribution in [-0.4, -0.2) is 36.2 Å². The van der Waals surface area contributed by atoms with Gasteiger partial charge in [0.25, 0.3) is 0 Å². The normalized spacial score (nSPS) is 17.3. The predicted molar refractivity (Wildman–Crippen MR) is 125 cm³/mol. The molecule has 1 saturated heterocycles. The zero-order valence-electron chi connectivity index (χ0n) is 16.8. The van der Waals surface area contributed by atoms with Crippen molar-refractivity contribution in [2.75, 3.05) is 25.4 Å². The third kappa shape index (κ3) is 7.21. The summed E-state index contributed by atoms with van der Waals surface area (Å²) in [6.07, 6.45) is 2.06. The molecule has 1 fully saturated rings. The molecule has 3 rings (SSSR count). The van der Waals surface area contributed by atoms with Crippen LogP contribution in [0, 0.1) is 12.8 Å². The lowest BCUT2D eigenvalue weighted by molar-refractivity contribution is -0.126. The first-order valence-corrected chi connectivity index (χ1v) is 12.0. The minimum Gasteiger partial charge on any atom is -0.355 e. The van der Waals surface area contributed by atoms with E-state index in [1.165, 1.54) is 11.1 Å². The van der Waals surface area contributed by atoms with E-state index in [1.54, 1.807) is 11.8 Å². The smallest absolute Gasteiger partial charge is 0.224 e. The lowest BCUT2D eigenvalue weighted by Gasteiger charge is -2.32. The molecule has 1 atom stereocenters. The van der Waals surface area contributed by atoms with E-state index in [4.69, 9.17) is 23.2 Å². The Morgan fingerprint density at radius 2 is 1.90 bits per heavy atom. The molecule has 0 spiro atoms. The number of amides is 1. The average molecular weight is 451 g/mol. The number of thioether (sulfide) groups is 1. The van der Waals surface area contributed by atoms with Gasteiger partial charge in [-0.15, -0.1) is 0 Å². The van der Waals surface area contributed by atoms with Gasteiger partial charge in [-0.1, -0.05) is 59.1 Å². The van der Waals surface area contributed by atoms with Crippen molar-refractivity contribution in [3.63, 3.8) is 0 Å². The van der Waals surface area contributed by atoms with Gasteiger partial charge in [0.05, 0.1) is 16.0 Å². The van der Waals surface area contributed by atoms with E-state index in [1.807, 2.05) is 18.2 Å². The molecule has 1 N–H and O–H groups in total. The summed E-state index contributed by atoms with van der Waals surface area (Å²) in [7, 11) is 0. The van der Waals surface area contributed by atoms with Gasteiger partial charge in [0.1, 0.15) is 0 Å². The highest BCUT2D eigenvalue weighted by atomic mass is 35.5. The van der Waals surface area contributed by atoms with E-state index in [-0.39, 0.29) is 11.8 Å². The number of nitrogens with one attached hydrogen (secondary N) is 1. The highest BCUT2D eigenvalue weighted by Crippen LogP contribution is 2.24. The predicted octanol–water partition coefficient (Wildman–Crippen LogP) is 5.56. The number of hydrogen-bond donors (Lipinski definition) is 1. The molecule has 1 unspecified atom stereocenters. The quantitative estimate of drug-likeness (QED) is 0.533. The van der Waals surface area contributed by atoms with Crippen LogP contribution in [0.15, 0.2) is 42.5 Å². The van der Waals surface area contributed by atoms with Crippen molar-refractivity contribution in [1.82, 2.24) is 10.2 Å². The molecule has 0 saturated carbocycles. The zero-order valence-corrected chi connectivity index (χ0v) is 19.1. The Morgan fingerprint density at radius 1 is 1.14 bits per heavy atom. The number of piperidine rings is 1. The summed E-state index contributed by atoms with van der Waals surface area (Å²) in [4.78, 5) is 15.0. The largest absolute Gasteiger partial charge is 0.355 e. The van der Waals surface area contributed by atoms with Gasteiger partial charge < -0.3 is 5.32 Å². The van der Waals surface area contributed by atoms with Crippen LogP contribution in [-0.2, 0) is 17.1 Å². The fourth-order valence-electron chi connectivity index (χ4n) is 3.58. The molecule has 156 valence electrons. The number of likely N-dealkylation sites (tertiary alicyclic amines) is 1. The number of halogens is 2. The Hall–Kier alpha value is -1.20. The van der Waals surface area contributed by atoms with Gasteiger partial charge in [-0.25, -0.2) is 0 Å². The van der Waals surface area contributed by atoms with Crippen molar-refractivity contribution in [2.24, 2.45) is 5.92 Å². The van der Waals surface area contributed by atoms with Gasteiger partial charge in [-0.05, 0) is 49.6 Å². The number of carbonyl (C=O) groups excluding carboxylic acids is 1. The molecule has 6 heteroatoms. The van der Waals surface area contributed by atoms with Gasteiger partial charge in [0, 0.05) is 31.1 Å². The second-order valence-corrected chi connectivity index (χ2v) is 9.57. The summed E-state index contributed by atoms with van der Waals surface area (Å²) in [5, 5.41) is 4.29. The van der Waals surface area contributed by atoms with Crippen molar-refractivity contribution >= 4 is 40.9 Å². The highest BCUT2D eigenvalue weighted by molar-refractivity contribution is 7.98. The number of benzene rings is 2. The van der Waals surface area contributed by atoms with Crippen LogP contribution in [0.4, 0.5) is 0 Å². The summed E-state index contributed by atoms with van der Waals surface area (Å²) in [5.41, 5.74) is 3.74. The molecular formula is C23H28Cl2N2OS. The molecule has 29 heavy (non-hydrogen) atoms. The molecule has 1 heterocycles. The van der Waals surface area contributed by atoms with E-state index < -0.39 is 0 Å². The second-order valence-electron chi connectivity index (χ2n) is 7.65. The maximum atomic E-state index is 12.6. The fourth-order valence-corrected chi connectivity index (χ4v) is 4.70. The van der Waals surface area contributed by atoms with E-state index in [0.29, 0.717) is 16.6 Å². The maximum absolute atomic E-state index is 12.6. The minimum atomic E-state index is 0.0919. The van der Waals surface area contributed by atoms with Gasteiger partial charge >= 0.3 is 0 Å².